The van der Waals surface area contributed by atoms with E-state index in [9.17, 15) is 16.8 Å². The smallest absolute Gasteiger partial charge is 0.285 e. The molecule has 0 aliphatic carbocycles. The second-order valence-electron chi connectivity index (χ2n) is 6.17. The zero-order valence-corrected chi connectivity index (χ0v) is 18.5. The van der Waals surface area contributed by atoms with Crippen molar-refractivity contribution in [2.45, 2.75) is 16.3 Å². The van der Waals surface area contributed by atoms with Gasteiger partial charge in [-0.25, -0.2) is 8.42 Å². The van der Waals surface area contributed by atoms with Gasteiger partial charge in [0, 0.05) is 19.9 Å². The topological polar surface area (TPSA) is 104 Å². The summed E-state index contributed by atoms with van der Waals surface area (Å²) in [6.07, 6.45) is 1.13. The van der Waals surface area contributed by atoms with E-state index < -0.39 is 19.9 Å². The van der Waals surface area contributed by atoms with E-state index >= 15 is 0 Å². The molecule has 0 saturated heterocycles. The fourth-order valence-corrected chi connectivity index (χ4v) is 5.68. The van der Waals surface area contributed by atoms with Gasteiger partial charge in [0.25, 0.3) is 10.0 Å². The van der Waals surface area contributed by atoms with Crippen LogP contribution in [0.25, 0.3) is 10.2 Å². The molecule has 0 radical (unpaired) electrons. The second kappa shape index (κ2) is 8.27. The molecule has 8 nitrogen and oxygen atoms in total. The Balaban J connectivity index is 2.19. The number of nitrogens with zero attached hydrogens (tertiary/aromatic N) is 2. The third-order valence-corrected chi connectivity index (χ3v) is 7.71. The van der Waals surface area contributed by atoms with Crippen LogP contribution in [0.3, 0.4) is 0 Å². The number of hydrogen-bond donors (Lipinski definition) is 0. The Morgan fingerprint density at radius 2 is 1.66 bits per heavy atom. The van der Waals surface area contributed by atoms with Crippen LogP contribution in [0.4, 0.5) is 0 Å². The zero-order valence-electron chi connectivity index (χ0n) is 16.0. The quantitative estimate of drug-likeness (QED) is 0.539. The fourth-order valence-electron chi connectivity index (χ4n) is 2.66. The van der Waals surface area contributed by atoms with E-state index in [4.69, 9.17) is 9.47 Å². The molecule has 0 atom stereocenters. The molecule has 0 saturated carbocycles. The van der Waals surface area contributed by atoms with Crippen molar-refractivity contribution in [2.24, 2.45) is 4.40 Å². The normalized spacial score (nSPS) is 13.1. The predicted octanol–water partition coefficient (Wildman–Crippen LogP) is 2.05. The molecule has 0 spiro atoms. The minimum atomic E-state index is -3.97. The summed E-state index contributed by atoms with van der Waals surface area (Å²) in [6.45, 7) is 0.709. The van der Waals surface area contributed by atoms with Crippen LogP contribution in [0.2, 0.25) is 0 Å². The minimum Gasteiger partial charge on any atom is -0.497 e. The number of aromatic nitrogens is 1. The summed E-state index contributed by atoms with van der Waals surface area (Å²) >= 11 is 1.11. The van der Waals surface area contributed by atoms with E-state index in [0.29, 0.717) is 29.1 Å². The Morgan fingerprint density at radius 1 is 1.00 bits per heavy atom. The van der Waals surface area contributed by atoms with Gasteiger partial charge in [-0.15, -0.1) is 4.40 Å². The average molecular weight is 457 g/mol. The van der Waals surface area contributed by atoms with Gasteiger partial charge >= 0.3 is 0 Å². The standard InChI is InChI=1S/C18H20N2O6S3/c1-25-11-10-20-16-9-8-15(28(3,21)22)12-17(16)27-18(20)19-29(23,24)14-6-4-13(26-2)5-7-14/h4-9,12H,10-11H2,1-3H3/b19-18-. The van der Waals surface area contributed by atoms with Gasteiger partial charge in [0.05, 0.1) is 33.7 Å². The third-order valence-electron chi connectivity index (χ3n) is 4.16. The first-order valence-corrected chi connectivity index (χ1v) is 12.6. The average Bonchev–Trinajstić information content (AvgIpc) is 3.01. The van der Waals surface area contributed by atoms with E-state index in [-0.39, 0.29) is 14.6 Å². The molecule has 3 aromatic rings. The molecule has 0 N–H and O–H groups in total. The molecule has 2 aromatic carbocycles. The Hall–Kier alpha value is -2.21. The van der Waals surface area contributed by atoms with Gasteiger partial charge in [-0.2, -0.15) is 8.42 Å². The SMILES string of the molecule is COCCn1/c(=N/S(=O)(=O)c2ccc(OC)cc2)sc2cc(S(C)(=O)=O)ccc21. The van der Waals surface area contributed by atoms with Crippen LogP contribution in [0.15, 0.2) is 56.7 Å². The van der Waals surface area contributed by atoms with Crippen molar-refractivity contribution in [2.75, 3.05) is 27.1 Å². The number of sulfone groups is 1. The number of ether oxygens (including phenoxy) is 2. The summed E-state index contributed by atoms with van der Waals surface area (Å²) in [5, 5.41) is 0. The molecule has 0 aliphatic rings. The lowest BCUT2D eigenvalue weighted by atomic mass is 10.3. The predicted molar refractivity (Wildman–Crippen MR) is 111 cm³/mol. The van der Waals surface area contributed by atoms with Crippen LogP contribution in [-0.2, 0) is 31.1 Å². The van der Waals surface area contributed by atoms with E-state index in [2.05, 4.69) is 4.40 Å². The summed E-state index contributed by atoms with van der Waals surface area (Å²) in [6, 6.07) is 10.6. The van der Waals surface area contributed by atoms with E-state index in [0.717, 1.165) is 17.6 Å². The molecule has 1 heterocycles. The van der Waals surface area contributed by atoms with Crippen molar-refractivity contribution >= 4 is 41.4 Å². The molecule has 0 bridgehead atoms. The first-order chi connectivity index (χ1) is 13.7. The number of methoxy groups -OCH3 is 2. The maximum Gasteiger partial charge on any atom is 0.285 e. The molecule has 156 valence electrons. The summed E-state index contributed by atoms with van der Waals surface area (Å²) in [5.41, 5.74) is 0.683. The molecule has 0 unspecified atom stereocenters. The lowest BCUT2D eigenvalue weighted by Crippen LogP contribution is -2.19. The highest BCUT2D eigenvalue weighted by Gasteiger charge is 2.16. The Bertz CT molecular complexity index is 1300. The molecule has 11 heteroatoms. The molecule has 3 rings (SSSR count). The van der Waals surface area contributed by atoms with Crippen molar-refractivity contribution in [3.8, 4) is 5.75 Å². The zero-order chi connectivity index (χ0) is 21.2. The van der Waals surface area contributed by atoms with Crippen LogP contribution in [0.5, 0.6) is 5.75 Å². The maximum atomic E-state index is 12.8. The van der Waals surface area contributed by atoms with Crippen LogP contribution >= 0.6 is 11.3 Å². The Labute approximate surface area is 173 Å². The third kappa shape index (κ3) is 4.69. The number of hydrogen-bond acceptors (Lipinski definition) is 7. The van der Waals surface area contributed by atoms with Crippen molar-refractivity contribution in [3.63, 3.8) is 0 Å². The summed E-state index contributed by atoms with van der Waals surface area (Å²) in [5.74, 6) is 0.536. The fraction of sp³-hybridized carbons (Fsp3) is 0.278. The lowest BCUT2D eigenvalue weighted by molar-refractivity contribution is 0.187. The van der Waals surface area contributed by atoms with Crippen molar-refractivity contribution < 1.29 is 26.3 Å². The maximum absolute atomic E-state index is 12.8. The molecule has 1 aromatic heterocycles. The monoisotopic (exact) mass is 456 g/mol. The first kappa shape index (κ1) is 21.5. The summed E-state index contributed by atoms with van der Waals surface area (Å²) in [7, 11) is -4.32. The second-order valence-corrected chi connectivity index (χ2v) is 10.8. The summed E-state index contributed by atoms with van der Waals surface area (Å²) in [4.78, 5) is 0.430. The van der Waals surface area contributed by atoms with Gasteiger partial charge in [-0.05, 0) is 42.5 Å². The highest BCUT2D eigenvalue weighted by molar-refractivity contribution is 7.90. The van der Waals surface area contributed by atoms with E-state index in [1.165, 1.54) is 31.4 Å². The van der Waals surface area contributed by atoms with Gasteiger partial charge in [0.15, 0.2) is 9.84 Å². The van der Waals surface area contributed by atoms with Gasteiger partial charge in [0.1, 0.15) is 5.75 Å². The Kier molecular flexibility index (Phi) is 6.13. The molecule has 29 heavy (non-hydrogen) atoms. The number of benzene rings is 2. The van der Waals surface area contributed by atoms with E-state index in [1.54, 1.807) is 29.9 Å². The molecular weight excluding hydrogens is 436 g/mol. The molecular formula is C18H20N2O6S3. The van der Waals surface area contributed by atoms with Crippen molar-refractivity contribution in [1.82, 2.24) is 4.57 Å². The minimum absolute atomic E-state index is 0.0332. The number of rotatable bonds is 7. The largest absolute Gasteiger partial charge is 0.497 e. The molecule has 0 aliphatic heterocycles. The highest BCUT2D eigenvalue weighted by Crippen LogP contribution is 2.23. The van der Waals surface area contributed by atoms with Crippen LogP contribution < -0.4 is 9.54 Å². The molecule has 0 amide bonds. The van der Waals surface area contributed by atoms with Crippen LogP contribution in [0, 0.1) is 0 Å². The first-order valence-electron chi connectivity index (χ1n) is 8.43. The van der Waals surface area contributed by atoms with Crippen LogP contribution in [0.1, 0.15) is 0 Å². The van der Waals surface area contributed by atoms with Gasteiger partial charge < -0.3 is 14.0 Å². The van der Waals surface area contributed by atoms with E-state index in [1.807, 2.05) is 0 Å². The van der Waals surface area contributed by atoms with Crippen LogP contribution in [-0.4, -0.2) is 48.5 Å². The molecule has 0 fully saturated rings. The number of thiazole rings is 1. The van der Waals surface area contributed by atoms with Gasteiger partial charge in [-0.3, -0.25) is 0 Å². The number of sulfonamides is 1. The van der Waals surface area contributed by atoms with Gasteiger partial charge in [-0.1, -0.05) is 11.3 Å². The highest BCUT2D eigenvalue weighted by atomic mass is 32.2. The Morgan fingerprint density at radius 3 is 2.24 bits per heavy atom. The number of fused-ring (bicyclic) bond motifs is 1. The lowest BCUT2D eigenvalue weighted by Gasteiger charge is -2.05. The summed E-state index contributed by atoms with van der Waals surface area (Å²) < 4.78 is 65.8. The van der Waals surface area contributed by atoms with Crippen molar-refractivity contribution in [3.05, 3.63) is 47.3 Å². The van der Waals surface area contributed by atoms with Gasteiger partial charge in [0.2, 0.25) is 4.80 Å². The van der Waals surface area contributed by atoms with Crippen molar-refractivity contribution in [1.29, 1.82) is 0 Å².